The largest absolute Gasteiger partial charge is 0.383 e. The highest BCUT2D eigenvalue weighted by Crippen LogP contribution is 2.26. The number of anilines is 1. The van der Waals surface area contributed by atoms with E-state index in [-0.39, 0.29) is 5.78 Å². The van der Waals surface area contributed by atoms with E-state index in [4.69, 9.17) is 17.3 Å². The lowest BCUT2D eigenvalue weighted by Crippen LogP contribution is -2.05. The van der Waals surface area contributed by atoms with E-state index in [9.17, 15) is 4.79 Å². The Bertz CT molecular complexity index is 517. The van der Waals surface area contributed by atoms with E-state index in [1.165, 1.54) is 22.2 Å². The summed E-state index contributed by atoms with van der Waals surface area (Å²) in [4.78, 5) is 12.0. The van der Waals surface area contributed by atoms with E-state index in [1.54, 1.807) is 18.5 Å². The molecule has 78 valence electrons. The van der Waals surface area contributed by atoms with Crippen LogP contribution in [0.15, 0.2) is 17.6 Å². The van der Waals surface area contributed by atoms with Crippen molar-refractivity contribution >= 4 is 34.5 Å². The second-order valence-electron chi connectivity index (χ2n) is 3.00. The summed E-state index contributed by atoms with van der Waals surface area (Å²) < 4.78 is 1.93. The molecule has 0 saturated heterocycles. The van der Waals surface area contributed by atoms with Crippen LogP contribution in [0.4, 0.5) is 5.82 Å². The Labute approximate surface area is 95.3 Å². The van der Waals surface area contributed by atoms with Crippen molar-refractivity contribution < 1.29 is 4.79 Å². The Morgan fingerprint density at radius 1 is 1.60 bits per heavy atom. The third-order valence-electron chi connectivity index (χ3n) is 2.09. The summed E-state index contributed by atoms with van der Waals surface area (Å²) in [6.45, 7) is 0. The van der Waals surface area contributed by atoms with Crippen molar-refractivity contribution in [2.45, 2.75) is 0 Å². The molecule has 0 aliphatic carbocycles. The van der Waals surface area contributed by atoms with Gasteiger partial charge in [0.05, 0.1) is 17.3 Å². The standard InChI is InChI=1S/C9H8ClN3OS/c1-13-9(11)6(4-12-13)7(14)5-2-3-15-8(5)10/h2-4H,11H2,1H3. The van der Waals surface area contributed by atoms with E-state index in [0.29, 0.717) is 21.3 Å². The Morgan fingerprint density at radius 2 is 2.33 bits per heavy atom. The lowest BCUT2D eigenvalue weighted by Gasteiger charge is -1.98. The van der Waals surface area contributed by atoms with Crippen LogP contribution in [0.5, 0.6) is 0 Å². The number of ketones is 1. The number of aromatic nitrogens is 2. The molecule has 0 radical (unpaired) electrons. The number of nitrogen functional groups attached to an aromatic ring is 1. The van der Waals surface area contributed by atoms with Gasteiger partial charge in [0, 0.05) is 7.05 Å². The van der Waals surface area contributed by atoms with Gasteiger partial charge in [0.1, 0.15) is 10.2 Å². The first-order chi connectivity index (χ1) is 7.11. The number of nitrogens with two attached hydrogens (primary N) is 1. The van der Waals surface area contributed by atoms with Crippen LogP contribution >= 0.6 is 22.9 Å². The Hall–Kier alpha value is -1.33. The molecule has 0 aromatic carbocycles. The van der Waals surface area contributed by atoms with Crippen LogP contribution in [0.2, 0.25) is 4.34 Å². The molecule has 4 nitrogen and oxygen atoms in total. The van der Waals surface area contributed by atoms with Gasteiger partial charge in [-0.1, -0.05) is 11.6 Å². The van der Waals surface area contributed by atoms with E-state index in [1.807, 2.05) is 0 Å². The van der Waals surface area contributed by atoms with Gasteiger partial charge in [-0.2, -0.15) is 5.10 Å². The zero-order valence-electron chi connectivity index (χ0n) is 7.90. The highest BCUT2D eigenvalue weighted by molar-refractivity contribution is 7.14. The molecule has 0 bridgehead atoms. The summed E-state index contributed by atoms with van der Waals surface area (Å²) in [6.07, 6.45) is 1.45. The minimum absolute atomic E-state index is 0.188. The molecule has 15 heavy (non-hydrogen) atoms. The Kier molecular flexibility index (Phi) is 2.50. The zero-order chi connectivity index (χ0) is 11.0. The van der Waals surface area contributed by atoms with Crippen LogP contribution in [0.25, 0.3) is 0 Å². The van der Waals surface area contributed by atoms with Crippen molar-refractivity contribution in [3.05, 3.63) is 33.1 Å². The van der Waals surface area contributed by atoms with E-state index in [0.717, 1.165) is 0 Å². The lowest BCUT2D eigenvalue weighted by atomic mass is 10.1. The summed E-state index contributed by atoms with van der Waals surface area (Å²) in [5, 5.41) is 5.67. The van der Waals surface area contributed by atoms with Crippen LogP contribution < -0.4 is 5.73 Å². The number of hydrogen-bond donors (Lipinski definition) is 1. The quantitative estimate of drug-likeness (QED) is 0.818. The maximum atomic E-state index is 12.0. The van der Waals surface area contributed by atoms with Gasteiger partial charge >= 0.3 is 0 Å². The van der Waals surface area contributed by atoms with Gasteiger partial charge < -0.3 is 5.73 Å². The maximum Gasteiger partial charge on any atom is 0.200 e. The fraction of sp³-hybridized carbons (Fsp3) is 0.111. The molecule has 6 heteroatoms. The van der Waals surface area contributed by atoms with Crippen LogP contribution in [0.3, 0.4) is 0 Å². The average Bonchev–Trinajstić information content (AvgIpc) is 2.75. The van der Waals surface area contributed by atoms with Gasteiger partial charge in [-0.05, 0) is 11.4 Å². The molecule has 0 aliphatic heterocycles. The molecule has 2 aromatic rings. The first-order valence-corrected chi connectivity index (χ1v) is 5.42. The highest BCUT2D eigenvalue weighted by atomic mass is 35.5. The lowest BCUT2D eigenvalue weighted by molar-refractivity contribution is 0.104. The van der Waals surface area contributed by atoms with E-state index in [2.05, 4.69) is 5.10 Å². The summed E-state index contributed by atoms with van der Waals surface area (Å²) in [5.74, 6) is 0.161. The van der Waals surface area contributed by atoms with E-state index >= 15 is 0 Å². The van der Waals surface area contributed by atoms with E-state index < -0.39 is 0 Å². The molecule has 2 aromatic heterocycles. The fourth-order valence-electron chi connectivity index (χ4n) is 1.22. The van der Waals surface area contributed by atoms with Crippen molar-refractivity contribution in [3.8, 4) is 0 Å². The molecule has 0 aliphatic rings. The number of rotatable bonds is 2. The first-order valence-electron chi connectivity index (χ1n) is 4.16. The van der Waals surface area contributed by atoms with Crippen LogP contribution in [0, 0.1) is 0 Å². The highest BCUT2D eigenvalue weighted by Gasteiger charge is 2.18. The van der Waals surface area contributed by atoms with Gasteiger partial charge in [0.25, 0.3) is 0 Å². The topological polar surface area (TPSA) is 60.9 Å². The molecular formula is C9H8ClN3OS. The Balaban J connectivity index is 2.46. The normalized spacial score (nSPS) is 10.5. The minimum atomic E-state index is -0.188. The molecule has 0 unspecified atom stereocenters. The van der Waals surface area contributed by atoms with Crippen molar-refractivity contribution in [3.63, 3.8) is 0 Å². The number of nitrogens with zero attached hydrogens (tertiary/aromatic N) is 2. The van der Waals surface area contributed by atoms with Crippen LogP contribution in [-0.2, 0) is 7.05 Å². The third kappa shape index (κ3) is 1.64. The summed E-state index contributed by atoms with van der Waals surface area (Å²) >= 11 is 7.19. The number of carbonyl (C=O) groups excluding carboxylic acids is 1. The zero-order valence-corrected chi connectivity index (χ0v) is 9.47. The molecule has 2 heterocycles. The maximum absolute atomic E-state index is 12.0. The fourth-order valence-corrected chi connectivity index (χ4v) is 2.14. The van der Waals surface area contributed by atoms with Crippen molar-refractivity contribution in [1.29, 1.82) is 0 Å². The van der Waals surface area contributed by atoms with Crippen molar-refractivity contribution in [1.82, 2.24) is 9.78 Å². The summed E-state index contributed by atoms with van der Waals surface area (Å²) in [7, 11) is 1.68. The molecule has 2 rings (SSSR count). The molecule has 2 N–H and O–H groups in total. The molecular weight excluding hydrogens is 234 g/mol. The predicted molar refractivity (Wildman–Crippen MR) is 60.4 cm³/mol. The number of hydrogen-bond acceptors (Lipinski definition) is 4. The number of carbonyl (C=O) groups is 1. The predicted octanol–water partition coefficient (Wildman–Crippen LogP) is 1.95. The SMILES string of the molecule is Cn1ncc(C(=O)c2ccsc2Cl)c1N. The Morgan fingerprint density at radius 3 is 2.80 bits per heavy atom. The third-order valence-corrected chi connectivity index (χ3v) is 3.26. The number of thiophene rings is 1. The van der Waals surface area contributed by atoms with Crippen molar-refractivity contribution in [2.75, 3.05) is 5.73 Å². The van der Waals surface area contributed by atoms with Gasteiger partial charge in [-0.25, -0.2) is 0 Å². The van der Waals surface area contributed by atoms with Crippen LogP contribution in [0.1, 0.15) is 15.9 Å². The van der Waals surface area contributed by atoms with Crippen LogP contribution in [-0.4, -0.2) is 15.6 Å². The molecule has 0 spiro atoms. The molecule has 0 saturated carbocycles. The van der Waals surface area contributed by atoms with Gasteiger partial charge in [0.2, 0.25) is 5.78 Å². The smallest absolute Gasteiger partial charge is 0.200 e. The monoisotopic (exact) mass is 241 g/mol. The summed E-state index contributed by atoms with van der Waals surface area (Å²) in [5.41, 5.74) is 6.56. The molecule has 0 fully saturated rings. The minimum Gasteiger partial charge on any atom is -0.383 e. The second kappa shape index (κ2) is 3.67. The van der Waals surface area contributed by atoms with Gasteiger partial charge in [-0.15, -0.1) is 11.3 Å². The van der Waals surface area contributed by atoms with Gasteiger partial charge in [-0.3, -0.25) is 9.48 Å². The molecule has 0 atom stereocenters. The summed E-state index contributed by atoms with van der Waals surface area (Å²) in [6, 6.07) is 1.68. The van der Waals surface area contributed by atoms with Gasteiger partial charge in [0.15, 0.2) is 0 Å². The second-order valence-corrected chi connectivity index (χ2v) is 4.52. The molecule has 0 amide bonds. The average molecular weight is 242 g/mol. The first kappa shape index (κ1) is 10.2. The number of halogens is 1. The van der Waals surface area contributed by atoms with Crippen molar-refractivity contribution in [2.24, 2.45) is 7.05 Å². The number of aryl methyl sites for hydroxylation is 1.